The molecule has 0 saturated carbocycles. The molecular formula is C18H28N5O4S+. The smallest absolute Gasteiger partial charge is 0.261 e. The molecule has 1 aliphatic carbocycles. The van der Waals surface area contributed by atoms with Crippen LogP contribution in [0.4, 0.5) is 0 Å². The van der Waals surface area contributed by atoms with Gasteiger partial charge in [-0.05, 0) is 32.0 Å². The lowest BCUT2D eigenvalue weighted by atomic mass is 9.85. The minimum absolute atomic E-state index is 0.267. The zero-order chi connectivity index (χ0) is 20.1. The lowest BCUT2D eigenvalue weighted by molar-refractivity contribution is -0.906. The molecule has 2 aliphatic heterocycles. The van der Waals surface area contributed by atoms with Crippen molar-refractivity contribution in [3.05, 3.63) is 12.2 Å². The number of imide groups is 1. The second-order valence-corrected chi connectivity index (χ2v) is 7.77. The van der Waals surface area contributed by atoms with Gasteiger partial charge in [0.2, 0.25) is 11.8 Å². The van der Waals surface area contributed by atoms with Crippen LogP contribution in [0.3, 0.4) is 0 Å². The molecule has 0 unspecified atom stereocenters. The van der Waals surface area contributed by atoms with Crippen molar-refractivity contribution in [3.8, 4) is 0 Å². The number of quaternary nitrogens is 1. The topological polar surface area (TPSA) is 104 Å². The van der Waals surface area contributed by atoms with Crippen molar-refractivity contribution in [1.82, 2.24) is 21.1 Å². The fraction of sp³-hybridized carbons (Fsp3) is 0.667. The normalized spacial score (nSPS) is 26.0. The first-order valence-electron chi connectivity index (χ1n) is 9.76. The summed E-state index contributed by atoms with van der Waals surface area (Å²) in [6, 6.07) is -0.890. The van der Waals surface area contributed by atoms with Gasteiger partial charge in [-0.3, -0.25) is 30.1 Å². The van der Waals surface area contributed by atoms with Crippen molar-refractivity contribution >= 4 is 35.1 Å². The Morgan fingerprint density at radius 2 is 1.82 bits per heavy atom. The second kappa shape index (κ2) is 9.44. The summed E-state index contributed by atoms with van der Waals surface area (Å²) in [6.45, 7) is 6.64. The highest BCUT2D eigenvalue weighted by Crippen LogP contribution is 2.35. The molecule has 2 saturated heterocycles. The maximum atomic E-state index is 12.5. The standard InChI is InChI=1S/C18H27N5O4S/c1-12(23-16(25)13-4-2-3-5-14(13)17(23)26)15(24)20-21-18(28)19-6-7-22-8-10-27-11-9-22/h2-3,12-14H,4-11H2,1H3,(H,20,24)(H2,19,21,28)/p+1/t12-,13-,14+/m1/s1. The molecule has 0 aromatic rings. The maximum Gasteiger partial charge on any atom is 0.261 e. The van der Waals surface area contributed by atoms with Gasteiger partial charge >= 0.3 is 0 Å². The first-order valence-corrected chi connectivity index (χ1v) is 10.2. The molecule has 0 bridgehead atoms. The van der Waals surface area contributed by atoms with E-state index in [1.165, 1.54) is 4.90 Å². The minimum Gasteiger partial charge on any atom is -0.370 e. The van der Waals surface area contributed by atoms with Crippen molar-refractivity contribution in [1.29, 1.82) is 0 Å². The molecule has 3 atom stereocenters. The first-order chi connectivity index (χ1) is 13.5. The summed E-state index contributed by atoms with van der Waals surface area (Å²) in [5, 5.41) is 3.34. The third-order valence-corrected chi connectivity index (χ3v) is 5.82. The first kappa shape index (κ1) is 20.7. The molecule has 4 N–H and O–H groups in total. The Bertz CT molecular complexity index is 638. The summed E-state index contributed by atoms with van der Waals surface area (Å²) in [5.74, 6) is -1.69. The Labute approximate surface area is 169 Å². The lowest BCUT2D eigenvalue weighted by Crippen LogP contribution is -3.14. The zero-order valence-electron chi connectivity index (χ0n) is 16.0. The van der Waals surface area contributed by atoms with Gasteiger partial charge in [0.05, 0.1) is 38.1 Å². The van der Waals surface area contributed by atoms with Gasteiger partial charge in [0.25, 0.3) is 5.91 Å². The number of morpholine rings is 1. The van der Waals surface area contributed by atoms with Gasteiger partial charge in [-0.15, -0.1) is 0 Å². The SMILES string of the molecule is C[C@H](C(=O)NNC(=S)NCC[NH+]1CCOCC1)N1C(=O)[C@H]2CC=CC[C@H]2C1=O. The summed E-state index contributed by atoms with van der Waals surface area (Å²) in [4.78, 5) is 40.0. The highest BCUT2D eigenvalue weighted by Gasteiger charge is 2.50. The fourth-order valence-corrected chi connectivity index (χ4v) is 4.01. The number of amides is 3. The van der Waals surface area contributed by atoms with Gasteiger partial charge in [0.1, 0.15) is 19.1 Å². The number of fused-ring (bicyclic) bond motifs is 1. The third kappa shape index (κ3) is 4.68. The molecule has 3 rings (SSSR count). The zero-order valence-corrected chi connectivity index (χ0v) is 16.8. The van der Waals surface area contributed by atoms with Gasteiger partial charge in [0.15, 0.2) is 5.11 Å². The number of ether oxygens (including phenoxy) is 1. The summed E-state index contributed by atoms with van der Waals surface area (Å²) >= 11 is 5.16. The van der Waals surface area contributed by atoms with E-state index in [2.05, 4.69) is 16.2 Å². The highest BCUT2D eigenvalue weighted by atomic mass is 32.1. The average Bonchev–Trinajstić information content (AvgIpc) is 2.97. The Kier molecular flexibility index (Phi) is 6.97. The molecule has 0 aromatic heterocycles. The monoisotopic (exact) mass is 410 g/mol. The number of hydrogen-bond donors (Lipinski definition) is 4. The molecule has 0 spiro atoms. The summed E-state index contributed by atoms with van der Waals surface area (Å²) in [6.07, 6.45) is 4.95. The molecule has 154 valence electrons. The number of likely N-dealkylation sites (tertiary alicyclic amines) is 1. The van der Waals surface area contributed by atoms with Gasteiger partial charge in [-0.1, -0.05) is 12.2 Å². The van der Waals surface area contributed by atoms with Crippen LogP contribution in [0, 0.1) is 11.8 Å². The van der Waals surface area contributed by atoms with E-state index in [0.29, 0.717) is 24.5 Å². The predicted octanol–water partition coefficient (Wildman–Crippen LogP) is -2.26. The number of nitrogens with zero attached hydrogens (tertiary/aromatic N) is 1. The number of hydrazine groups is 1. The number of rotatable bonds is 5. The van der Waals surface area contributed by atoms with Crippen molar-refractivity contribution in [2.45, 2.75) is 25.8 Å². The molecule has 2 heterocycles. The Morgan fingerprint density at radius 1 is 1.21 bits per heavy atom. The molecule has 28 heavy (non-hydrogen) atoms. The van der Waals surface area contributed by atoms with E-state index in [4.69, 9.17) is 17.0 Å². The second-order valence-electron chi connectivity index (χ2n) is 7.36. The Hall–Kier alpha value is -2.04. The summed E-state index contributed by atoms with van der Waals surface area (Å²) in [5.41, 5.74) is 5.13. The fourth-order valence-electron chi connectivity index (χ4n) is 3.85. The van der Waals surface area contributed by atoms with Crippen molar-refractivity contribution in [2.24, 2.45) is 11.8 Å². The van der Waals surface area contributed by atoms with Crippen molar-refractivity contribution < 1.29 is 24.0 Å². The van der Waals surface area contributed by atoms with Gasteiger partial charge in [0, 0.05) is 0 Å². The van der Waals surface area contributed by atoms with Gasteiger partial charge in [-0.25, -0.2) is 0 Å². The van der Waals surface area contributed by atoms with Gasteiger partial charge in [-0.2, -0.15) is 0 Å². The molecule has 0 radical (unpaired) electrons. The number of carbonyl (C=O) groups is 3. The molecular weight excluding hydrogens is 382 g/mol. The predicted molar refractivity (Wildman–Crippen MR) is 105 cm³/mol. The number of carbonyl (C=O) groups excluding carboxylic acids is 3. The van der Waals surface area contributed by atoms with Crippen LogP contribution in [0.15, 0.2) is 12.2 Å². The van der Waals surface area contributed by atoms with Crippen LogP contribution in [0.5, 0.6) is 0 Å². The van der Waals surface area contributed by atoms with E-state index in [1.807, 2.05) is 12.2 Å². The van der Waals surface area contributed by atoms with Crippen LogP contribution < -0.4 is 21.1 Å². The number of nitrogens with one attached hydrogen (secondary N) is 4. The molecule has 0 aromatic carbocycles. The minimum atomic E-state index is -0.890. The van der Waals surface area contributed by atoms with Crippen LogP contribution in [0.2, 0.25) is 0 Å². The van der Waals surface area contributed by atoms with Crippen LogP contribution >= 0.6 is 12.2 Å². The Balaban J connectivity index is 1.41. The van der Waals surface area contributed by atoms with Crippen molar-refractivity contribution in [3.63, 3.8) is 0 Å². The Morgan fingerprint density at radius 3 is 2.43 bits per heavy atom. The summed E-state index contributed by atoms with van der Waals surface area (Å²) < 4.78 is 5.32. The van der Waals surface area contributed by atoms with Crippen LogP contribution in [0.25, 0.3) is 0 Å². The number of allylic oxidation sites excluding steroid dienone is 2. The quantitative estimate of drug-likeness (QED) is 0.175. The van der Waals surface area contributed by atoms with E-state index in [9.17, 15) is 14.4 Å². The van der Waals surface area contributed by atoms with Crippen LogP contribution in [0.1, 0.15) is 19.8 Å². The largest absolute Gasteiger partial charge is 0.370 e. The van der Waals surface area contributed by atoms with Crippen LogP contribution in [-0.4, -0.2) is 73.2 Å². The van der Waals surface area contributed by atoms with E-state index in [0.717, 1.165) is 37.7 Å². The van der Waals surface area contributed by atoms with E-state index in [1.54, 1.807) is 6.92 Å². The third-order valence-electron chi connectivity index (χ3n) is 5.57. The van der Waals surface area contributed by atoms with Crippen molar-refractivity contribution in [2.75, 3.05) is 39.4 Å². The molecule has 9 nitrogen and oxygen atoms in total. The number of thiocarbonyl (C=S) groups is 1. The molecule has 2 fully saturated rings. The number of hydrogen-bond acceptors (Lipinski definition) is 5. The van der Waals surface area contributed by atoms with E-state index >= 15 is 0 Å². The van der Waals surface area contributed by atoms with Gasteiger partial charge < -0.3 is 15.0 Å². The molecule has 3 aliphatic rings. The van der Waals surface area contributed by atoms with E-state index in [-0.39, 0.29) is 23.7 Å². The van der Waals surface area contributed by atoms with E-state index < -0.39 is 11.9 Å². The highest BCUT2D eigenvalue weighted by molar-refractivity contribution is 7.80. The summed E-state index contributed by atoms with van der Waals surface area (Å²) in [7, 11) is 0. The average molecular weight is 411 g/mol. The van der Waals surface area contributed by atoms with Crippen LogP contribution in [-0.2, 0) is 19.1 Å². The molecule has 10 heteroatoms. The lowest BCUT2D eigenvalue weighted by Gasteiger charge is -2.24. The maximum absolute atomic E-state index is 12.5. The molecule has 3 amide bonds.